The highest BCUT2D eigenvalue weighted by Crippen LogP contribution is 2.45. The number of piperazine rings is 1. The number of rotatable bonds is 6. The topological polar surface area (TPSA) is 44.8 Å². The van der Waals surface area contributed by atoms with Crippen molar-refractivity contribution in [1.82, 2.24) is 4.90 Å². The van der Waals surface area contributed by atoms with E-state index in [0.717, 1.165) is 50.6 Å². The van der Waals surface area contributed by atoms with E-state index in [0.29, 0.717) is 11.3 Å². The predicted octanol–water partition coefficient (Wildman–Crippen LogP) is 6.18. The molecule has 36 heavy (non-hydrogen) atoms. The number of ether oxygens (including phenoxy) is 1. The molecule has 0 spiro atoms. The molecular formula is C31H37N3O2. The number of hydrogen-bond donors (Lipinski definition) is 1. The lowest BCUT2D eigenvalue weighted by Gasteiger charge is -2.51. The van der Waals surface area contributed by atoms with Crippen LogP contribution in [0.15, 0.2) is 78.9 Å². The van der Waals surface area contributed by atoms with Crippen molar-refractivity contribution in [2.45, 2.75) is 38.1 Å². The van der Waals surface area contributed by atoms with Gasteiger partial charge in [0, 0.05) is 48.7 Å². The quantitative estimate of drug-likeness (QED) is 0.455. The van der Waals surface area contributed by atoms with Crippen LogP contribution in [0.3, 0.4) is 0 Å². The summed E-state index contributed by atoms with van der Waals surface area (Å²) in [7, 11) is 1.62. The number of nitrogens with zero attached hydrogens (tertiary/aromatic N) is 2. The number of amides is 1. The Morgan fingerprint density at radius 3 is 2.33 bits per heavy atom. The van der Waals surface area contributed by atoms with E-state index in [-0.39, 0.29) is 11.4 Å². The Morgan fingerprint density at radius 2 is 1.61 bits per heavy atom. The van der Waals surface area contributed by atoms with E-state index in [2.05, 4.69) is 70.6 Å². The van der Waals surface area contributed by atoms with Crippen LogP contribution in [-0.2, 0) is 5.54 Å². The summed E-state index contributed by atoms with van der Waals surface area (Å²) in [5.41, 5.74) is 4.10. The number of carbonyl (C=O) groups excluding carboxylic acids is 1. The first-order chi connectivity index (χ1) is 17.6. The van der Waals surface area contributed by atoms with Gasteiger partial charge in [-0.1, -0.05) is 43.3 Å². The fourth-order valence-electron chi connectivity index (χ4n) is 5.91. The highest BCUT2D eigenvalue weighted by atomic mass is 16.5. The number of para-hydroxylation sites is 1. The van der Waals surface area contributed by atoms with Gasteiger partial charge in [-0.3, -0.25) is 9.69 Å². The van der Waals surface area contributed by atoms with Crippen LogP contribution in [0.1, 0.15) is 48.5 Å². The molecule has 1 saturated heterocycles. The van der Waals surface area contributed by atoms with Crippen molar-refractivity contribution >= 4 is 17.3 Å². The molecule has 1 aliphatic carbocycles. The maximum absolute atomic E-state index is 13.0. The molecule has 188 valence electrons. The van der Waals surface area contributed by atoms with E-state index in [1.54, 1.807) is 13.2 Å². The summed E-state index contributed by atoms with van der Waals surface area (Å²) in [6.45, 7) is 6.54. The average molecular weight is 484 g/mol. The average Bonchev–Trinajstić information content (AvgIpc) is 2.94. The first-order valence-electron chi connectivity index (χ1n) is 13.2. The minimum atomic E-state index is -0.117. The minimum Gasteiger partial charge on any atom is -0.497 e. The maximum atomic E-state index is 13.0. The molecule has 3 aromatic rings. The zero-order valence-electron chi connectivity index (χ0n) is 21.5. The van der Waals surface area contributed by atoms with Crippen molar-refractivity contribution in [2.75, 3.05) is 43.5 Å². The SMILES string of the molecule is COc1cccc(C(=O)Nc2cccc(C3(N4CCN(c5ccccc5)CC4)CCC(C)CC3)c2)c1. The Balaban J connectivity index is 1.36. The molecule has 1 saturated carbocycles. The molecule has 0 atom stereocenters. The van der Waals surface area contributed by atoms with Crippen molar-refractivity contribution in [3.05, 3.63) is 90.0 Å². The Kier molecular flexibility index (Phi) is 7.28. The number of nitrogens with one attached hydrogen (secondary N) is 1. The lowest BCUT2D eigenvalue weighted by atomic mass is 9.71. The normalized spacial score (nSPS) is 22.7. The van der Waals surface area contributed by atoms with Gasteiger partial charge in [0.2, 0.25) is 0 Å². The molecule has 5 nitrogen and oxygen atoms in total. The number of carbonyl (C=O) groups is 1. The summed E-state index contributed by atoms with van der Waals surface area (Å²) in [5.74, 6) is 1.33. The first kappa shape index (κ1) is 24.4. The summed E-state index contributed by atoms with van der Waals surface area (Å²) >= 11 is 0. The van der Waals surface area contributed by atoms with Crippen LogP contribution in [0.25, 0.3) is 0 Å². The molecule has 1 amide bonds. The lowest BCUT2D eigenvalue weighted by Crippen LogP contribution is -2.56. The van der Waals surface area contributed by atoms with Gasteiger partial charge in [-0.25, -0.2) is 0 Å². The smallest absolute Gasteiger partial charge is 0.255 e. The summed E-state index contributed by atoms with van der Waals surface area (Å²) in [6, 6.07) is 26.6. The fraction of sp³-hybridized carbons (Fsp3) is 0.387. The summed E-state index contributed by atoms with van der Waals surface area (Å²) in [4.78, 5) is 18.2. The van der Waals surface area contributed by atoms with Gasteiger partial charge < -0.3 is 15.0 Å². The molecule has 0 unspecified atom stereocenters. The van der Waals surface area contributed by atoms with Crippen LogP contribution >= 0.6 is 0 Å². The van der Waals surface area contributed by atoms with Gasteiger partial charge in [0.25, 0.3) is 5.91 Å². The van der Waals surface area contributed by atoms with Gasteiger partial charge in [0.15, 0.2) is 0 Å². The molecule has 5 heteroatoms. The second kappa shape index (κ2) is 10.8. The van der Waals surface area contributed by atoms with Gasteiger partial charge in [0.1, 0.15) is 5.75 Å². The van der Waals surface area contributed by atoms with Gasteiger partial charge in [-0.15, -0.1) is 0 Å². The summed E-state index contributed by atoms with van der Waals surface area (Å²) in [6.07, 6.45) is 4.79. The van der Waals surface area contributed by atoms with Crippen LogP contribution < -0.4 is 15.0 Å². The number of methoxy groups -OCH3 is 1. The van der Waals surface area contributed by atoms with E-state index in [1.807, 2.05) is 24.3 Å². The van der Waals surface area contributed by atoms with Gasteiger partial charge in [-0.05, 0) is 79.6 Å². The second-order valence-corrected chi connectivity index (χ2v) is 10.3. The predicted molar refractivity (Wildman–Crippen MR) is 147 cm³/mol. The molecule has 0 bridgehead atoms. The van der Waals surface area contributed by atoms with E-state index < -0.39 is 0 Å². The standard InChI is InChI=1S/C31H37N3O2/c1-24-14-16-31(17-15-24,34-20-18-33(19-21-34)28-11-4-3-5-12-28)26-9-7-10-27(23-26)32-30(35)25-8-6-13-29(22-25)36-2/h3-13,22-24H,14-21H2,1-2H3,(H,32,35). The van der Waals surface area contributed by atoms with Crippen molar-refractivity contribution in [3.63, 3.8) is 0 Å². The number of anilines is 2. The molecule has 1 N–H and O–H groups in total. The maximum Gasteiger partial charge on any atom is 0.255 e. The summed E-state index contributed by atoms with van der Waals surface area (Å²) in [5, 5.41) is 3.13. The number of hydrogen-bond acceptors (Lipinski definition) is 4. The second-order valence-electron chi connectivity index (χ2n) is 10.3. The highest BCUT2D eigenvalue weighted by Gasteiger charge is 2.42. The Morgan fingerprint density at radius 1 is 0.889 bits per heavy atom. The third-order valence-electron chi connectivity index (χ3n) is 8.10. The Bertz CT molecular complexity index is 1160. The van der Waals surface area contributed by atoms with Crippen molar-refractivity contribution in [1.29, 1.82) is 0 Å². The largest absolute Gasteiger partial charge is 0.497 e. The van der Waals surface area contributed by atoms with E-state index in [4.69, 9.17) is 4.74 Å². The third kappa shape index (κ3) is 5.12. The van der Waals surface area contributed by atoms with Gasteiger partial charge in [-0.2, -0.15) is 0 Å². The zero-order chi connectivity index (χ0) is 25.0. The monoisotopic (exact) mass is 483 g/mol. The third-order valence-corrected chi connectivity index (χ3v) is 8.10. The molecule has 2 aliphatic rings. The molecule has 2 fully saturated rings. The molecule has 1 aliphatic heterocycles. The van der Waals surface area contributed by atoms with Gasteiger partial charge >= 0.3 is 0 Å². The first-order valence-corrected chi connectivity index (χ1v) is 13.2. The van der Waals surface area contributed by atoms with Crippen LogP contribution in [-0.4, -0.2) is 44.1 Å². The minimum absolute atomic E-state index is 0.0198. The van der Waals surface area contributed by atoms with Crippen LogP contribution in [0.4, 0.5) is 11.4 Å². The van der Waals surface area contributed by atoms with Crippen LogP contribution in [0.2, 0.25) is 0 Å². The highest BCUT2D eigenvalue weighted by molar-refractivity contribution is 6.04. The lowest BCUT2D eigenvalue weighted by molar-refractivity contribution is 0.0299. The zero-order valence-corrected chi connectivity index (χ0v) is 21.5. The van der Waals surface area contributed by atoms with Crippen molar-refractivity contribution in [3.8, 4) is 5.75 Å². The van der Waals surface area contributed by atoms with Crippen LogP contribution in [0.5, 0.6) is 5.75 Å². The Labute approximate surface area is 215 Å². The van der Waals surface area contributed by atoms with E-state index in [9.17, 15) is 4.79 Å². The molecular weight excluding hydrogens is 446 g/mol. The van der Waals surface area contributed by atoms with Crippen LogP contribution in [0, 0.1) is 5.92 Å². The van der Waals surface area contributed by atoms with Crippen molar-refractivity contribution < 1.29 is 9.53 Å². The number of benzene rings is 3. The molecule has 0 aromatic heterocycles. The Hall–Kier alpha value is -3.31. The fourth-order valence-corrected chi connectivity index (χ4v) is 5.91. The van der Waals surface area contributed by atoms with Crippen molar-refractivity contribution in [2.24, 2.45) is 5.92 Å². The summed E-state index contributed by atoms with van der Waals surface area (Å²) < 4.78 is 5.29. The molecule has 1 heterocycles. The molecule has 3 aromatic carbocycles. The molecule has 5 rings (SSSR count). The molecule has 0 radical (unpaired) electrons. The van der Waals surface area contributed by atoms with E-state index in [1.165, 1.54) is 24.1 Å². The van der Waals surface area contributed by atoms with E-state index >= 15 is 0 Å². The van der Waals surface area contributed by atoms with Gasteiger partial charge in [0.05, 0.1) is 7.11 Å².